The molecule has 2 heterocycles. The lowest BCUT2D eigenvalue weighted by atomic mass is 9.91. The number of rotatable bonds is 22. The fraction of sp³-hybridized carbons (Fsp3) is 0.817. The molecule has 0 unspecified atom stereocenters. The number of carbonyl (C=O) groups excluding carboxylic acids is 11. The molecule has 5 N–H and O–H groups in total. The van der Waals surface area contributed by atoms with Crippen LogP contribution in [0.2, 0.25) is 0 Å². The second kappa shape index (κ2) is 40.6. The van der Waals surface area contributed by atoms with Gasteiger partial charge < -0.3 is 70.3 Å². The van der Waals surface area contributed by atoms with Crippen molar-refractivity contribution in [2.45, 2.75) is 254 Å². The van der Waals surface area contributed by atoms with Crippen molar-refractivity contribution in [1.82, 2.24) is 60.5 Å². The molecule has 0 spiro atoms. The molecule has 550 valence electrons. The van der Waals surface area contributed by atoms with E-state index in [1.54, 1.807) is 47.6 Å². The predicted octanol–water partition coefficient (Wildman–Crippen LogP) is 4.53. The van der Waals surface area contributed by atoms with Crippen LogP contribution in [-0.4, -0.2) is 264 Å². The smallest absolute Gasteiger partial charge is 0.248 e. The van der Waals surface area contributed by atoms with Crippen molar-refractivity contribution in [3.63, 3.8) is 0 Å². The van der Waals surface area contributed by atoms with E-state index in [1.165, 1.54) is 92.6 Å². The first-order chi connectivity index (χ1) is 44.7. The topological polar surface area (TPSA) is 291 Å². The van der Waals surface area contributed by atoms with Crippen LogP contribution in [0.4, 0.5) is 0 Å². The van der Waals surface area contributed by atoms with Gasteiger partial charge in [0, 0.05) is 62.5 Å². The van der Waals surface area contributed by atoms with Gasteiger partial charge in [0.25, 0.3) is 0 Å². The summed E-state index contributed by atoms with van der Waals surface area (Å²) in [6, 6.07) is -14.0. The summed E-state index contributed by atoms with van der Waals surface area (Å²) in [5.41, 5.74) is 0. The standard InChI is InChI=1S/C71H128N12O13/c1-25-27-31-48(15)60(84)59-64(88)74-51(26-2)66(90)80(22)56(41-96-37-30-36-83-34-28-29-35-83)69(93)77(19)53(38-43(5)6)63(87)75-57(46(11)12)70(94)76(18)52(33-32-42(3)4)62(86)72-49(16)61(85)73-50(17)65(89)78(20)54(39-44(7)8)67(91)79(21)55(40-45(9)10)68(92)81(23)58(47(13)14)71(95)82(59)24/h25,27,42-60,84H,26,28-41H2,1-24H3,(H,72,86)(H,73,85)(H,74,88)(H,75,87)/b27-25+/t48-,49-,50+,51+,52-,53+,54+,55+,56-,57-,58+,59+,60-/m1/s1. The molecule has 0 aliphatic carbocycles. The van der Waals surface area contributed by atoms with Crippen LogP contribution >= 0.6 is 0 Å². The van der Waals surface area contributed by atoms with Crippen molar-refractivity contribution in [3.8, 4) is 0 Å². The first kappa shape index (κ1) is 85.9. The van der Waals surface area contributed by atoms with Crippen LogP contribution in [0.25, 0.3) is 0 Å². The summed E-state index contributed by atoms with van der Waals surface area (Å²) >= 11 is 0. The number of carbonyl (C=O) groups is 11. The van der Waals surface area contributed by atoms with Gasteiger partial charge in [0.05, 0.1) is 12.7 Å². The van der Waals surface area contributed by atoms with Crippen LogP contribution in [0.3, 0.4) is 0 Å². The average Bonchev–Trinajstić information content (AvgIpc) is 0.942. The number of aliphatic hydroxyl groups excluding tert-OH is 1. The summed E-state index contributed by atoms with van der Waals surface area (Å²) in [4.78, 5) is 175. The molecular formula is C71H128N12O13. The van der Waals surface area contributed by atoms with E-state index in [0.29, 0.717) is 19.3 Å². The van der Waals surface area contributed by atoms with Crippen molar-refractivity contribution in [2.75, 3.05) is 82.2 Å². The van der Waals surface area contributed by atoms with Crippen LogP contribution < -0.4 is 21.3 Å². The van der Waals surface area contributed by atoms with Gasteiger partial charge in [-0.15, -0.1) is 0 Å². The molecule has 13 atom stereocenters. The SMILES string of the molecule is C/C=C/C[C@@H](C)[C@@H](O)[C@H]1C(=O)N[C@@H](CC)C(=O)N(C)[C@H](COCCCN2CCCC2)C(=O)N(C)[C@@H](CC(C)C)C(=O)N[C@H](C(C)C)C(=O)N(C)[C@H](CCC(C)C)C(=O)N[C@H](C)C(=O)N[C@@H](C)C(=O)N(C)[C@@H](CC(C)C)C(=O)N(C)[C@@H](CC(C)C)C(=O)N(C)[C@@H](C(C)C)C(=O)N1C. The van der Waals surface area contributed by atoms with Gasteiger partial charge in [0.1, 0.15) is 66.5 Å². The number of likely N-dealkylation sites (N-methyl/N-ethyl adjacent to an activating group) is 7. The van der Waals surface area contributed by atoms with E-state index >= 15 is 28.8 Å². The van der Waals surface area contributed by atoms with Crippen molar-refractivity contribution in [2.24, 2.45) is 41.4 Å². The van der Waals surface area contributed by atoms with Crippen molar-refractivity contribution >= 4 is 65.0 Å². The summed E-state index contributed by atoms with van der Waals surface area (Å²) in [5.74, 6) is -9.73. The molecule has 2 saturated heterocycles. The van der Waals surface area contributed by atoms with Crippen molar-refractivity contribution in [1.29, 1.82) is 0 Å². The number of nitrogens with one attached hydrogen (secondary N) is 4. The maximum atomic E-state index is 15.4. The Labute approximate surface area is 576 Å². The first-order valence-corrected chi connectivity index (χ1v) is 35.4. The molecule has 11 amide bonds. The fourth-order valence-electron chi connectivity index (χ4n) is 12.7. The summed E-state index contributed by atoms with van der Waals surface area (Å²) in [5, 5.41) is 23.5. The van der Waals surface area contributed by atoms with E-state index in [9.17, 15) is 29.1 Å². The van der Waals surface area contributed by atoms with E-state index in [4.69, 9.17) is 4.74 Å². The first-order valence-electron chi connectivity index (χ1n) is 35.4. The third kappa shape index (κ3) is 24.6. The summed E-state index contributed by atoms with van der Waals surface area (Å²) in [7, 11) is 10.0. The van der Waals surface area contributed by atoms with Crippen LogP contribution in [0, 0.1) is 41.4 Å². The molecule has 0 aromatic heterocycles. The normalized spacial score (nSPS) is 27.0. The number of allylic oxidation sites excluding steroid dienone is 2. The summed E-state index contributed by atoms with van der Waals surface area (Å²) in [6.45, 7) is 32.9. The number of likely N-dealkylation sites (tertiary alicyclic amines) is 1. The predicted molar refractivity (Wildman–Crippen MR) is 373 cm³/mol. The largest absolute Gasteiger partial charge is 0.390 e. The molecular weight excluding hydrogens is 1230 g/mol. The minimum absolute atomic E-state index is 0.0151. The number of hydrogen-bond acceptors (Lipinski definition) is 14. The Morgan fingerprint density at radius 2 is 0.948 bits per heavy atom. The zero-order chi connectivity index (χ0) is 73.5. The number of ether oxygens (including phenoxy) is 1. The maximum absolute atomic E-state index is 15.4. The molecule has 2 rings (SSSR count). The zero-order valence-corrected chi connectivity index (χ0v) is 63.2. The highest BCUT2D eigenvalue weighted by Crippen LogP contribution is 2.26. The average molecular weight is 1360 g/mol. The van der Waals surface area contributed by atoms with Gasteiger partial charge in [0.15, 0.2) is 0 Å². The molecule has 96 heavy (non-hydrogen) atoms. The second-order valence-corrected chi connectivity index (χ2v) is 29.6. The maximum Gasteiger partial charge on any atom is 0.248 e. The van der Waals surface area contributed by atoms with Crippen LogP contribution in [0.5, 0.6) is 0 Å². The van der Waals surface area contributed by atoms with Crippen LogP contribution in [0.15, 0.2) is 12.2 Å². The van der Waals surface area contributed by atoms with Gasteiger partial charge in [0.2, 0.25) is 65.0 Å². The van der Waals surface area contributed by atoms with Gasteiger partial charge in [-0.2, -0.15) is 0 Å². The van der Waals surface area contributed by atoms with Gasteiger partial charge in [-0.1, -0.05) is 109 Å². The highest BCUT2D eigenvalue weighted by atomic mass is 16.5. The molecule has 25 nitrogen and oxygen atoms in total. The molecule has 0 radical (unpaired) electrons. The lowest BCUT2D eigenvalue weighted by molar-refractivity contribution is -0.157. The van der Waals surface area contributed by atoms with E-state index in [2.05, 4.69) is 26.2 Å². The van der Waals surface area contributed by atoms with Crippen LogP contribution in [-0.2, 0) is 57.5 Å². The molecule has 0 bridgehead atoms. The third-order valence-electron chi connectivity index (χ3n) is 18.9. The van der Waals surface area contributed by atoms with Crippen molar-refractivity contribution in [3.05, 3.63) is 12.2 Å². The summed E-state index contributed by atoms with van der Waals surface area (Å²) < 4.78 is 6.25. The molecule has 2 fully saturated rings. The van der Waals surface area contributed by atoms with E-state index in [-0.39, 0.29) is 69.0 Å². The van der Waals surface area contributed by atoms with E-state index < -0.39 is 155 Å². The molecule has 2 aliphatic rings. The van der Waals surface area contributed by atoms with E-state index in [1.807, 2.05) is 68.4 Å². The number of nitrogens with zero attached hydrogens (tertiary/aromatic N) is 8. The Balaban J connectivity index is 3.09. The lowest BCUT2D eigenvalue weighted by Gasteiger charge is -2.41. The number of hydrogen-bond donors (Lipinski definition) is 5. The van der Waals surface area contributed by atoms with Crippen molar-refractivity contribution < 1.29 is 62.6 Å². The third-order valence-corrected chi connectivity index (χ3v) is 18.9. The second-order valence-electron chi connectivity index (χ2n) is 29.6. The number of amides is 11. The monoisotopic (exact) mass is 1360 g/mol. The Bertz CT molecular complexity index is 2590. The van der Waals surface area contributed by atoms with Gasteiger partial charge in [-0.25, -0.2) is 0 Å². The highest BCUT2D eigenvalue weighted by molar-refractivity contribution is 6.00. The zero-order valence-electron chi connectivity index (χ0n) is 63.2. The minimum Gasteiger partial charge on any atom is -0.390 e. The van der Waals surface area contributed by atoms with Gasteiger partial charge in [-0.3, -0.25) is 52.7 Å². The Kier molecular flexibility index (Phi) is 36.3. The Morgan fingerprint density at radius 1 is 0.490 bits per heavy atom. The molecule has 25 heteroatoms. The Morgan fingerprint density at radius 3 is 1.45 bits per heavy atom. The quantitative estimate of drug-likeness (QED) is 0.0736. The minimum atomic E-state index is -1.65. The summed E-state index contributed by atoms with van der Waals surface area (Å²) in [6.07, 6.45) is 6.25. The molecule has 0 saturated carbocycles. The van der Waals surface area contributed by atoms with Gasteiger partial charge in [-0.05, 0) is 139 Å². The van der Waals surface area contributed by atoms with Gasteiger partial charge >= 0.3 is 0 Å². The highest BCUT2D eigenvalue weighted by Gasteiger charge is 2.46. The Hall–Kier alpha value is -6.21. The molecule has 0 aromatic rings. The lowest BCUT2D eigenvalue weighted by Crippen LogP contribution is -2.64. The van der Waals surface area contributed by atoms with Crippen LogP contribution in [0.1, 0.15) is 182 Å². The number of aliphatic hydroxyl groups is 1. The molecule has 2 aliphatic heterocycles. The molecule has 0 aromatic carbocycles. The fourth-order valence-corrected chi connectivity index (χ4v) is 12.7. The van der Waals surface area contributed by atoms with E-state index in [0.717, 1.165) is 37.4 Å².